The van der Waals surface area contributed by atoms with Crippen LogP contribution in [0.15, 0.2) is 46.9 Å². The number of ether oxygens (including phenoxy) is 1. The number of nitrogens with zero attached hydrogens (tertiary/aromatic N) is 1. The van der Waals surface area contributed by atoms with Gasteiger partial charge in [0.15, 0.2) is 6.61 Å². The maximum atomic E-state index is 13.0. The van der Waals surface area contributed by atoms with Gasteiger partial charge in [0.2, 0.25) is 5.91 Å². The van der Waals surface area contributed by atoms with Gasteiger partial charge in [0.05, 0.1) is 4.47 Å². The number of amides is 2. The van der Waals surface area contributed by atoms with Crippen molar-refractivity contribution in [3.63, 3.8) is 0 Å². The fourth-order valence-electron chi connectivity index (χ4n) is 2.68. The van der Waals surface area contributed by atoms with E-state index in [4.69, 9.17) is 16.3 Å². The van der Waals surface area contributed by atoms with Crippen molar-refractivity contribution in [1.29, 1.82) is 0 Å². The molecule has 156 valence electrons. The molecule has 0 aliphatic carbocycles. The van der Waals surface area contributed by atoms with Crippen molar-refractivity contribution in [2.45, 2.75) is 39.8 Å². The molecule has 0 aliphatic heterocycles. The first-order valence-electron chi connectivity index (χ1n) is 9.52. The molecule has 29 heavy (non-hydrogen) atoms. The summed E-state index contributed by atoms with van der Waals surface area (Å²) < 4.78 is 6.34. The molecule has 0 aliphatic rings. The highest BCUT2D eigenvalue weighted by molar-refractivity contribution is 9.10. The summed E-state index contributed by atoms with van der Waals surface area (Å²) in [6, 6.07) is 12.4. The molecule has 2 aromatic carbocycles. The number of aryl methyl sites for hydroxylation is 1. The first kappa shape index (κ1) is 23.2. The van der Waals surface area contributed by atoms with Crippen LogP contribution in [0.4, 0.5) is 0 Å². The standard InChI is InChI=1S/C22H26BrClN2O3/c1-4-11-25-22(28)16(3)26(13-17-7-5-15(2)6-8-17)21(27)14-29-20-10-9-18(24)12-19(20)23/h5-10,12,16H,4,11,13-14H2,1-3H3,(H,25,28)/t16-/m1/s1. The molecular weight excluding hydrogens is 456 g/mol. The number of halogens is 2. The van der Waals surface area contributed by atoms with Crippen LogP contribution >= 0.6 is 27.5 Å². The number of hydrogen-bond donors (Lipinski definition) is 1. The quantitative estimate of drug-likeness (QED) is 0.563. The monoisotopic (exact) mass is 480 g/mol. The molecule has 0 saturated carbocycles. The Morgan fingerprint density at radius 2 is 1.90 bits per heavy atom. The Balaban J connectivity index is 2.14. The van der Waals surface area contributed by atoms with Crippen molar-refractivity contribution >= 4 is 39.3 Å². The molecule has 0 bridgehead atoms. The van der Waals surface area contributed by atoms with E-state index in [9.17, 15) is 9.59 Å². The highest BCUT2D eigenvalue weighted by atomic mass is 79.9. The molecule has 1 N–H and O–H groups in total. The third-order valence-corrected chi connectivity index (χ3v) is 5.29. The minimum Gasteiger partial charge on any atom is -0.483 e. The Labute approximate surface area is 185 Å². The molecule has 7 heteroatoms. The lowest BCUT2D eigenvalue weighted by molar-refractivity contribution is -0.142. The van der Waals surface area contributed by atoms with Crippen molar-refractivity contribution < 1.29 is 14.3 Å². The molecule has 2 aromatic rings. The van der Waals surface area contributed by atoms with Gasteiger partial charge < -0.3 is 15.0 Å². The number of nitrogens with one attached hydrogen (secondary N) is 1. The van der Waals surface area contributed by atoms with Crippen LogP contribution in [0.3, 0.4) is 0 Å². The zero-order chi connectivity index (χ0) is 21.4. The first-order chi connectivity index (χ1) is 13.8. The Bertz CT molecular complexity index is 842. The Hall–Kier alpha value is -2.05. The van der Waals surface area contributed by atoms with E-state index in [0.29, 0.717) is 28.3 Å². The summed E-state index contributed by atoms with van der Waals surface area (Å²) >= 11 is 9.32. The van der Waals surface area contributed by atoms with Gasteiger partial charge in [-0.2, -0.15) is 0 Å². The highest BCUT2D eigenvalue weighted by Crippen LogP contribution is 2.28. The fraction of sp³-hybridized carbons (Fsp3) is 0.364. The molecule has 5 nitrogen and oxygen atoms in total. The molecule has 0 heterocycles. The fourth-order valence-corrected chi connectivity index (χ4v) is 3.48. The van der Waals surface area contributed by atoms with Gasteiger partial charge in [0.25, 0.3) is 5.91 Å². The lowest BCUT2D eigenvalue weighted by Gasteiger charge is -2.29. The predicted octanol–water partition coefficient (Wildman–Crippen LogP) is 4.73. The summed E-state index contributed by atoms with van der Waals surface area (Å²) in [5, 5.41) is 3.42. The summed E-state index contributed by atoms with van der Waals surface area (Å²) in [5.41, 5.74) is 2.09. The molecule has 2 amide bonds. The second-order valence-corrected chi connectivity index (χ2v) is 8.13. The predicted molar refractivity (Wildman–Crippen MR) is 119 cm³/mol. The van der Waals surface area contributed by atoms with Crippen LogP contribution in [0.2, 0.25) is 5.02 Å². The average Bonchev–Trinajstić information content (AvgIpc) is 2.70. The van der Waals surface area contributed by atoms with E-state index in [0.717, 1.165) is 17.5 Å². The van der Waals surface area contributed by atoms with Gasteiger partial charge in [-0.05, 0) is 60.0 Å². The van der Waals surface area contributed by atoms with Crippen LogP contribution in [0, 0.1) is 6.92 Å². The minimum atomic E-state index is -0.618. The zero-order valence-corrected chi connectivity index (χ0v) is 19.2. The molecule has 0 spiro atoms. The van der Waals surface area contributed by atoms with Crippen molar-refractivity contribution in [2.75, 3.05) is 13.2 Å². The van der Waals surface area contributed by atoms with Crippen molar-refractivity contribution in [3.8, 4) is 5.75 Å². The molecule has 0 fully saturated rings. The SMILES string of the molecule is CCCNC(=O)[C@@H](C)N(Cc1ccc(C)cc1)C(=O)COc1ccc(Cl)cc1Br. The van der Waals surface area contributed by atoms with Crippen molar-refractivity contribution in [2.24, 2.45) is 0 Å². The molecule has 2 rings (SSSR count). The molecule has 0 aromatic heterocycles. The van der Waals surface area contributed by atoms with E-state index in [1.165, 1.54) is 0 Å². The lowest BCUT2D eigenvalue weighted by Crippen LogP contribution is -2.49. The average molecular weight is 482 g/mol. The van der Waals surface area contributed by atoms with E-state index in [2.05, 4.69) is 21.2 Å². The third kappa shape index (κ3) is 7.05. The summed E-state index contributed by atoms with van der Waals surface area (Å²) in [5.74, 6) is 0.0627. The Morgan fingerprint density at radius 1 is 1.21 bits per heavy atom. The molecule has 0 saturated heterocycles. The van der Waals surface area contributed by atoms with Gasteiger partial charge in [-0.1, -0.05) is 48.4 Å². The minimum absolute atomic E-state index is 0.181. The first-order valence-corrected chi connectivity index (χ1v) is 10.7. The second kappa shape index (κ2) is 11.2. The Morgan fingerprint density at radius 3 is 2.52 bits per heavy atom. The van der Waals surface area contributed by atoms with Gasteiger partial charge in [0.1, 0.15) is 11.8 Å². The molecule has 0 unspecified atom stereocenters. The summed E-state index contributed by atoms with van der Waals surface area (Å²) in [6.07, 6.45) is 0.831. The smallest absolute Gasteiger partial charge is 0.261 e. The Kier molecular flexibility index (Phi) is 8.99. The largest absolute Gasteiger partial charge is 0.483 e. The van der Waals surface area contributed by atoms with Gasteiger partial charge in [-0.15, -0.1) is 0 Å². The number of carbonyl (C=O) groups excluding carboxylic acids is 2. The maximum Gasteiger partial charge on any atom is 0.261 e. The third-order valence-electron chi connectivity index (χ3n) is 4.44. The van der Waals surface area contributed by atoms with E-state index in [-0.39, 0.29) is 18.4 Å². The normalized spacial score (nSPS) is 11.6. The lowest BCUT2D eigenvalue weighted by atomic mass is 10.1. The van der Waals surface area contributed by atoms with E-state index < -0.39 is 6.04 Å². The summed E-state index contributed by atoms with van der Waals surface area (Å²) in [6.45, 7) is 6.44. The van der Waals surface area contributed by atoms with Crippen LogP contribution in [-0.2, 0) is 16.1 Å². The van der Waals surface area contributed by atoms with Crippen LogP contribution in [0.1, 0.15) is 31.4 Å². The van der Waals surface area contributed by atoms with Crippen molar-refractivity contribution in [1.82, 2.24) is 10.2 Å². The second-order valence-electron chi connectivity index (χ2n) is 6.84. The summed E-state index contributed by atoms with van der Waals surface area (Å²) in [7, 11) is 0. The van der Waals surface area contributed by atoms with Gasteiger partial charge in [-0.3, -0.25) is 9.59 Å². The van der Waals surface area contributed by atoms with E-state index >= 15 is 0 Å². The zero-order valence-electron chi connectivity index (χ0n) is 16.9. The van der Waals surface area contributed by atoms with Crippen LogP contribution < -0.4 is 10.1 Å². The number of benzene rings is 2. The number of hydrogen-bond acceptors (Lipinski definition) is 3. The highest BCUT2D eigenvalue weighted by Gasteiger charge is 2.26. The van der Waals surface area contributed by atoms with Gasteiger partial charge in [-0.25, -0.2) is 0 Å². The van der Waals surface area contributed by atoms with Crippen LogP contribution in [0.25, 0.3) is 0 Å². The van der Waals surface area contributed by atoms with Crippen LogP contribution in [0.5, 0.6) is 5.75 Å². The van der Waals surface area contributed by atoms with E-state index in [1.54, 1.807) is 30.0 Å². The summed E-state index contributed by atoms with van der Waals surface area (Å²) in [4.78, 5) is 27.0. The topological polar surface area (TPSA) is 58.6 Å². The molecule has 1 atom stereocenters. The maximum absolute atomic E-state index is 13.0. The van der Waals surface area contributed by atoms with Crippen LogP contribution in [-0.4, -0.2) is 35.9 Å². The van der Waals surface area contributed by atoms with Gasteiger partial charge in [0, 0.05) is 18.1 Å². The van der Waals surface area contributed by atoms with Gasteiger partial charge >= 0.3 is 0 Å². The van der Waals surface area contributed by atoms with E-state index in [1.807, 2.05) is 38.1 Å². The number of rotatable bonds is 9. The molecule has 0 radical (unpaired) electrons. The number of carbonyl (C=O) groups is 2. The van der Waals surface area contributed by atoms with Crippen molar-refractivity contribution in [3.05, 3.63) is 63.1 Å². The molecular formula is C22H26BrClN2O3.